The Bertz CT molecular complexity index is 522. The first-order chi connectivity index (χ1) is 12.9. The van der Waals surface area contributed by atoms with Gasteiger partial charge in [-0.15, -0.1) is 0 Å². The summed E-state index contributed by atoms with van der Waals surface area (Å²) in [4.78, 5) is 0. The van der Waals surface area contributed by atoms with Gasteiger partial charge in [0.05, 0.1) is 0 Å². The largest absolute Gasteiger partial charge is 0.461 e. The minimum Gasteiger partial charge on any atom is -0.428 e. The van der Waals surface area contributed by atoms with Gasteiger partial charge in [-0.05, 0) is 42.4 Å². The maximum absolute atomic E-state index is 12.9. The highest BCUT2D eigenvalue weighted by molar-refractivity contribution is 5.27. The molecule has 1 saturated carbocycles. The highest BCUT2D eigenvalue weighted by Crippen LogP contribution is 2.34. The van der Waals surface area contributed by atoms with Gasteiger partial charge in [-0.25, -0.2) is 0 Å². The average molecular weight is 388 g/mol. The van der Waals surface area contributed by atoms with E-state index in [9.17, 15) is 17.6 Å². The van der Waals surface area contributed by atoms with E-state index in [1.807, 2.05) is 0 Å². The van der Waals surface area contributed by atoms with Crippen LogP contribution in [-0.4, -0.2) is 12.5 Å². The van der Waals surface area contributed by atoms with Gasteiger partial charge in [0.15, 0.2) is 0 Å². The molecule has 1 fully saturated rings. The van der Waals surface area contributed by atoms with Crippen molar-refractivity contribution in [2.45, 2.75) is 90.1 Å². The number of hydrogen-bond donors (Lipinski definition) is 0. The Morgan fingerprint density at radius 3 is 2.07 bits per heavy atom. The van der Waals surface area contributed by atoms with Crippen molar-refractivity contribution in [3.63, 3.8) is 0 Å². The van der Waals surface area contributed by atoms with Crippen molar-refractivity contribution < 1.29 is 22.3 Å². The number of aryl methyl sites for hydroxylation is 1. The van der Waals surface area contributed by atoms with Crippen molar-refractivity contribution in [1.29, 1.82) is 0 Å². The predicted molar refractivity (Wildman–Crippen MR) is 101 cm³/mol. The molecule has 0 radical (unpaired) electrons. The molecule has 0 amide bonds. The SMILES string of the molecule is CCCCCCC1CCC(CCc2ccc(OC(F)(F)C(F)F)cc2)CC1. The molecule has 0 N–H and O–H groups in total. The maximum Gasteiger partial charge on any atom is 0.461 e. The lowest BCUT2D eigenvalue weighted by molar-refractivity contribution is -0.253. The molecule has 1 aromatic carbocycles. The monoisotopic (exact) mass is 388 g/mol. The van der Waals surface area contributed by atoms with Gasteiger partial charge < -0.3 is 4.74 Å². The number of alkyl halides is 4. The molecule has 154 valence electrons. The van der Waals surface area contributed by atoms with E-state index >= 15 is 0 Å². The lowest BCUT2D eigenvalue weighted by atomic mass is 9.78. The van der Waals surface area contributed by atoms with Crippen LogP contribution in [0.5, 0.6) is 5.75 Å². The molecule has 0 unspecified atom stereocenters. The quantitative estimate of drug-likeness (QED) is 0.280. The minimum absolute atomic E-state index is 0.229. The van der Waals surface area contributed by atoms with Crippen LogP contribution in [0.1, 0.15) is 76.7 Å². The van der Waals surface area contributed by atoms with Crippen molar-refractivity contribution in [3.05, 3.63) is 29.8 Å². The number of hydrogen-bond acceptors (Lipinski definition) is 1. The van der Waals surface area contributed by atoms with Crippen LogP contribution < -0.4 is 4.74 Å². The molecule has 0 saturated heterocycles. The average Bonchev–Trinajstić information content (AvgIpc) is 2.65. The fourth-order valence-corrected chi connectivity index (χ4v) is 3.97. The third-order valence-electron chi connectivity index (χ3n) is 5.70. The van der Waals surface area contributed by atoms with Crippen LogP contribution in [0, 0.1) is 11.8 Å². The summed E-state index contributed by atoms with van der Waals surface area (Å²) >= 11 is 0. The molecule has 1 aliphatic carbocycles. The van der Waals surface area contributed by atoms with E-state index < -0.39 is 12.5 Å². The normalized spacial score (nSPS) is 20.8. The van der Waals surface area contributed by atoms with Crippen LogP contribution in [0.4, 0.5) is 17.6 Å². The zero-order valence-electron chi connectivity index (χ0n) is 16.2. The van der Waals surface area contributed by atoms with Crippen molar-refractivity contribution in [1.82, 2.24) is 0 Å². The Kier molecular flexibility index (Phi) is 8.91. The Morgan fingerprint density at radius 1 is 0.926 bits per heavy atom. The standard InChI is InChI=1S/C22H32F4O/c1-2-3-4-5-6-17-7-9-18(10-8-17)11-12-19-13-15-20(16-14-19)27-22(25,26)21(23)24/h13-18,21H,2-12H2,1H3. The van der Waals surface area contributed by atoms with E-state index in [-0.39, 0.29) is 5.75 Å². The topological polar surface area (TPSA) is 9.23 Å². The molecule has 0 aliphatic heterocycles. The first-order valence-corrected chi connectivity index (χ1v) is 10.3. The van der Waals surface area contributed by atoms with Gasteiger partial charge in [-0.2, -0.15) is 17.6 Å². The molecule has 5 heteroatoms. The number of unbranched alkanes of at least 4 members (excludes halogenated alkanes) is 3. The van der Waals surface area contributed by atoms with Crippen LogP contribution in [0.25, 0.3) is 0 Å². The molecule has 1 aromatic rings. The predicted octanol–water partition coefficient (Wildman–Crippen LogP) is 7.63. The van der Waals surface area contributed by atoms with Crippen LogP contribution >= 0.6 is 0 Å². The zero-order chi connectivity index (χ0) is 19.7. The summed E-state index contributed by atoms with van der Waals surface area (Å²) in [5, 5.41) is 0. The third-order valence-corrected chi connectivity index (χ3v) is 5.70. The zero-order valence-corrected chi connectivity index (χ0v) is 16.2. The van der Waals surface area contributed by atoms with Crippen molar-refractivity contribution >= 4 is 0 Å². The van der Waals surface area contributed by atoms with Crippen molar-refractivity contribution in [2.75, 3.05) is 0 Å². The van der Waals surface area contributed by atoms with Crippen molar-refractivity contribution in [3.8, 4) is 5.75 Å². The van der Waals surface area contributed by atoms with Gasteiger partial charge in [-0.1, -0.05) is 76.8 Å². The lowest BCUT2D eigenvalue weighted by Gasteiger charge is -2.28. The summed E-state index contributed by atoms with van der Waals surface area (Å²) in [6, 6.07) is 6.07. The van der Waals surface area contributed by atoms with Crippen molar-refractivity contribution in [2.24, 2.45) is 11.8 Å². The summed E-state index contributed by atoms with van der Waals surface area (Å²) < 4.78 is 54.2. The van der Waals surface area contributed by atoms with Gasteiger partial charge in [-0.3, -0.25) is 0 Å². The fraction of sp³-hybridized carbons (Fsp3) is 0.727. The second kappa shape index (κ2) is 10.9. The maximum atomic E-state index is 12.9. The number of benzene rings is 1. The molecule has 1 aliphatic rings. The van der Waals surface area contributed by atoms with Crippen LogP contribution in [0.3, 0.4) is 0 Å². The number of halogens is 4. The summed E-state index contributed by atoms with van der Waals surface area (Å²) in [6.45, 7) is 2.24. The van der Waals surface area contributed by atoms with Gasteiger partial charge >= 0.3 is 12.5 Å². The first-order valence-electron chi connectivity index (χ1n) is 10.3. The lowest BCUT2D eigenvalue weighted by Crippen LogP contribution is -2.33. The van der Waals surface area contributed by atoms with Crippen LogP contribution in [-0.2, 0) is 6.42 Å². The highest BCUT2D eigenvalue weighted by Gasteiger charge is 2.43. The fourth-order valence-electron chi connectivity index (χ4n) is 3.97. The molecular formula is C22H32F4O. The summed E-state index contributed by atoms with van der Waals surface area (Å²) in [5.41, 5.74) is 1.03. The molecule has 0 aromatic heterocycles. The molecule has 0 spiro atoms. The summed E-state index contributed by atoms with van der Waals surface area (Å²) in [7, 11) is 0. The second-order valence-corrected chi connectivity index (χ2v) is 7.88. The number of rotatable bonds is 11. The van der Waals surface area contributed by atoms with Gasteiger partial charge in [0.25, 0.3) is 0 Å². The van der Waals surface area contributed by atoms with E-state index in [2.05, 4.69) is 11.7 Å². The Labute approximate surface area is 160 Å². The molecule has 2 rings (SSSR count). The smallest absolute Gasteiger partial charge is 0.428 e. The van der Waals surface area contributed by atoms with E-state index in [0.717, 1.165) is 30.2 Å². The van der Waals surface area contributed by atoms with Gasteiger partial charge in [0.1, 0.15) is 5.75 Å². The molecule has 1 nitrogen and oxygen atoms in total. The minimum atomic E-state index is -4.45. The van der Waals surface area contributed by atoms with E-state index in [1.54, 1.807) is 12.1 Å². The Morgan fingerprint density at radius 2 is 1.52 bits per heavy atom. The molecule has 27 heavy (non-hydrogen) atoms. The first kappa shape index (κ1) is 22.0. The van der Waals surface area contributed by atoms with Crippen LogP contribution in [0.15, 0.2) is 24.3 Å². The third kappa shape index (κ3) is 7.71. The van der Waals surface area contributed by atoms with Crippen LogP contribution in [0.2, 0.25) is 0 Å². The van der Waals surface area contributed by atoms with Gasteiger partial charge in [0, 0.05) is 0 Å². The molecule has 0 atom stereocenters. The Hall–Kier alpha value is -1.26. The van der Waals surface area contributed by atoms with Gasteiger partial charge in [0.2, 0.25) is 0 Å². The second-order valence-electron chi connectivity index (χ2n) is 7.88. The summed E-state index contributed by atoms with van der Waals surface area (Å²) in [5.74, 6) is 1.40. The summed E-state index contributed by atoms with van der Waals surface area (Å²) in [6.07, 6.45) is 5.63. The Balaban J connectivity index is 1.67. The molecule has 0 heterocycles. The van der Waals surface area contributed by atoms with E-state index in [0.29, 0.717) is 0 Å². The van der Waals surface area contributed by atoms with E-state index in [4.69, 9.17) is 0 Å². The number of ether oxygens (including phenoxy) is 1. The van der Waals surface area contributed by atoms with E-state index in [1.165, 1.54) is 69.9 Å². The molecule has 0 bridgehead atoms. The highest BCUT2D eigenvalue weighted by atomic mass is 19.3. The molecular weight excluding hydrogens is 356 g/mol.